The van der Waals surface area contributed by atoms with E-state index >= 15 is 0 Å². The topological polar surface area (TPSA) is 76.0 Å². The van der Waals surface area contributed by atoms with Crippen molar-refractivity contribution in [1.29, 1.82) is 0 Å². The molecular formula is C30H31F3N4O2S. The number of halogens is 3. The molecule has 2 N–H and O–H groups in total. The average Bonchev–Trinajstić information content (AvgIpc) is 3.60. The van der Waals surface area contributed by atoms with Crippen LogP contribution in [0, 0.1) is 6.92 Å². The lowest BCUT2D eigenvalue weighted by atomic mass is 10.0. The van der Waals surface area contributed by atoms with Crippen molar-refractivity contribution < 1.29 is 21.6 Å². The van der Waals surface area contributed by atoms with E-state index in [2.05, 4.69) is 10.6 Å². The summed E-state index contributed by atoms with van der Waals surface area (Å²) in [4.78, 5) is -0.364. The zero-order valence-electron chi connectivity index (χ0n) is 22.1. The van der Waals surface area contributed by atoms with Crippen LogP contribution in [0.5, 0.6) is 0 Å². The van der Waals surface area contributed by atoms with Crippen LogP contribution in [0.25, 0.3) is 22.5 Å². The van der Waals surface area contributed by atoms with Gasteiger partial charge in [0, 0.05) is 24.7 Å². The fraction of sp³-hybridized carbons (Fsp3) is 0.300. The Morgan fingerprint density at radius 2 is 1.82 bits per heavy atom. The Balaban J connectivity index is 1.49. The molecule has 1 saturated heterocycles. The quantitative estimate of drug-likeness (QED) is 0.280. The van der Waals surface area contributed by atoms with Gasteiger partial charge in [0.2, 0.25) is 0 Å². The maximum absolute atomic E-state index is 13.3. The first-order chi connectivity index (χ1) is 19.1. The van der Waals surface area contributed by atoms with Crippen LogP contribution in [0.3, 0.4) is 0 Å². The molecule has 0 saturated carbocycles. The molecule has 1 aliphatic rings. The Bertz CT molecular complexity index is 1580. The summed E-state index contributed by atoms with van der Waals surface area (Å²) < 4.78 is 68.3. The molecular weight excluding hydrogens is 537 g/mol. The lowest BCUT2D eigenvalue weighted by molar-refractivity contribution is -0.137. The van der Waals surface area contributed by atoms with Gasteiger partial charge < -0.3 is 10.6 Å². The number of hydrogen-bond acceptors (Lipinski definition) is 5. The minimum Gasteiger partial charge on any atom is -0.315 e. The Kier molecular flexibility index (Phi) is 8.11. The third-order valence-corrected chi connectivity index (χ3v) is 8.74. The van der Waals surface area contributed by atoms with Crippen LogP contribution in [0.15, 0.2) is 83.8 Å². The highest BCUT2D eigenvalue weighted by Crippen LogP contribution is 2.33. The van der Waals surface area contributed by atoms with Crippen LogP contribution in [-0.2, 0) is 28.3 Å². The molecule has 4 aromatic rings. The van der Waals surface area contributed by atoms with Gasteiger partial charge in [0.25, 0.3) is 0 Å². The highest BCUT2D eigenvalue weighted by molar-refractivity contribution is 7.90. The second-order valence-corrected chi connectivity index (χ2v) is 12.1. The van der Waals surface area contributed by atoms with Crippen LogP contribution in [0.1, 0.15) is 23.1 Å². The van der Waals surface area contributed by atoms with E-state index in [1.54, 1.807) is 12.1 Å². The first-order valence-corrected chi connectivity index (χ1v) is 14.8. The average molecular weight is 569 g/mol. The Morgan fingerprint density at radius 1 is 1.02 bits per heavy atom. The van der Waals surface area contributed by atoms with Gasteiger partial charge in [-0.2, -0.15) is 18.3 Å². The van der Waals surface area contributed by atoms with Crippen LogP contribution >= 0.6 is 0 Å². The largest absolute Gasteiger partial charge is 0.416 e. The lowest BCUT2D eigenvalue weighted by Gasteiger charge is -2.13. The van der Waals surface area contributed by atoms with Crippen molar-refractivity contribution >= 4 is 9.84 Å². The number of hydrogen-bond donors (Lipinski definition) is 2. The smallest absolute Gasteiger partial charge is 0.315 e. The number of sulfone groups is 1. The molecule has 0 bridgehead atoms. The molecule has 2 heterocycles. The van der Waals surface area contributed by atoms with Gasteiger partial charge in [-0.3, -0.25) is 4.68 Å². The van der Waals surface area contributed by atoms with Gasteiger partial charge in [0.1, 0.15) is 0 Å². The first-order valence-electron chi connectivity index (χ1n) is 13.2. The van der Waals surface area contributed by atoms with E-state index in [0.29, 0.717) is 35.5 Å². The highest BCUT2D eigenvalue weighted by atomic mass is 32.2. The highest BCUT2D eigenvalue weighted by Gasteiger charge is 2.32. The Labute approximate surface area is 232 Å². The van der Waals surface area contributed by atoms with E-state index in [4.69, 9.17) is 5.10 Å². The third kappa shape index (κ3) is 6.46. The molecule has 210 valence electrons. The van der Waals surface area contributed by atoms with Crippen LogP contribution in [0.4, 0.5) is 13.2 Å². The molecule has 0 aliphatic carbocycles. The molecule has 6 nitrogen and oxygen atoms in total. The molecule has 1 aromatic heterocycles. The maximum Gasteiger partial charge on any atom is 0.416 e. The van der Waals surface area contributed by atoms with E-state index in [0.717, 1.165) is 55.0 Å². The van der Waals surface area contributed by atoms with Gasteiger partial charge in [-0.25, -0.2) is 8.42 Å². The molecule has 0 amide bonds. The second kappa shape index (κ2) is 11.6. The van der Waals surface area contributed by atoms with Crippen molar-refractivity contribution in [3.8, 4) is 22.5 Å². The van der Waals surface area contributed by atoms with Crippen molar-refractivity contribution in [3.05, 3.63) is 95.6 Å². The van der Waals surface area contributed by atoms with Crippen molar-refractivity contribution in [1.82, 2.24) is 20.4 Å². The Morgan fingerprint density at radius 3 is 2.55 bits per heavy atom. The van der Waals surface area contributed by atoms with Crippen molar-refractivity contribution in [2.24, 2.45) is 0 Å². The molecule has 10 heteroatoms. The molecule has 1 aliphatic heterocycles. The van der Waals surface area contributed by atoms with Crippen LogP contribution in [-0.4, -0.2) is 43.9 Å². The number of rotatable bonds is 9. The molecule has 1 fully saturated rings. The SMILES string of the molecule is Cc1ccc(CS(=O)(=O)c2cccc(C(F)(F)F)c2)c(-c2cc(-c3ccccc3)n(CCNC3CCNC3)n2)c1. The first kappa shape index (κ1) is 28.1. The van der Waals surface area contributed by atoms with E-state index in [-0.39, 0.29) is 4.90 Å². The summed E-state index contributed by atoms with van der Waals surface area (Å²) in [6.45, 7) is 5.17. The van der Waals surface area contributed by atoms with E-state index < -0.39 is 27.3 Å². The predicted molar refractivity (Wildman–Crippen MR) is 149 cm³/mol. The zero-order valence-corrected chi connectivity index (χ0v) is 22.9. The van der Waals surface area contributed by atoms with E-state index in [9.17, 15) is 21.6 Å². The monoisotopic (exact) mass is 568 g/mol. The zero-order chi connectivity index (χ0) is 28.3. The minimum absolute atomic E-state index is 0.364. The number of benzene rings is 3. The molecule has 3 aromatic carbocycles. The van der Waals surface area contributed by atoms with Crippen LogP contribution < -0.4 is 10.6 Å². The fourth-order valence-electron chi connectivity index (χ4n) is 4.97. The molecule has 1 unspecified atom stereocenters. The molecule has 0 radical (unpaired) electrons. The fourth-order valence-corrected chi connectivity index (χ4v) is 6.39. The van der Waals surface area contributed by atoms with E-state index in [1.807, 2.05) is 54.1 Å². The van der Waals surface area contributed by atoms with Crippen LogP contribution in [0.2, 0.25) is 0 Å². The Hall–Kier alpha value is -3.47. The summed E-state index contributed by atoms with van der Waals surface area (Å²) in [5, 5.41) is 11.8. The van der Waals surface area contributed by atoms with Gasteiger partial charge in [-0.05, 0) is 61.3 Å². The number of nitrogens with one attached hydrogen (secondary N) is 2. The summed E-state index contributed by atoms with van der Waals surface area (Å²) in [7, 11) is -4.07. The predicted octanol–water partition coefficient (Wildman–Crippen LogP) is 5.47. The standard InChI is InChI=1S/C30H31F3N4O2S/c1-21-10-11-23(20-40(38,39)26-9-5-8-24(17-26)30(31,32)33)27(16-21)28-18-29(22-6-3-2-4-7-22)37(36-28)15-14-35-25-12-13-34-19-25/h2-11,16-18,25,34-35H,12-15,19-20H2,1H3. The molecule has 5 rings (SSSR count). The normalized spacial score (nSPS) is 15.9. The lowest BCUT2D eigenvalue weighted by Crippen LogP contribution is -2.33. The summed E-state index contributed by atoms with van der Waals surface area (Å²) >= 11 is 0. The molecule has 0 spiro atoms. The summed E-state index contributed by atoms with van der Waals surface area (Å²) in [6.07, 6.45) is -3.56. The third-order valence-electron chi connectivity index (χ3n) is 7.07. The van der Waals surface area contributed by atoms with Gasteiger partial charge >= 0.3 is 6.18 Å². The maximum atomic E-state index is 13.3. The minimum atomic E-state index is -4.63. The number of aromatic nitrogens is 2. The van der Waals surface area contributed by atoms with Gasteiger partial charge in [0.05, 0.1) is 34.1 Å². The van der Waals surface area contributed by atoms with E-state index in [1.165, 1.54) is 6.07 Å². The van der Waals surface area contributed by atoms with Gasteiger partial charge in [-0.1, -0.05) is 54.1 Å². The number of nitrogens with zero attached hydrogens (tertiary/aromatic N) is 2. The van der Waals surface area contributed by atoms with Gasteiger partial charge in [0.15, 0.2) is 9.84 Å². The summed E-state index contributed by atoms with van der Waals surface area (Å²) in [5.74, 6) is -0.451. The van der Waals surface area contributed by atoms with Crippen molar-refractivity contribution in [2.45, 2.75) is 42.8 Å². The molecule has 1 atom stereocenters. The summed E-state index contributed by atoms with van der Waals surface area (Å²) in [6, 6.07) is 21.5. The van der Waals surface area contributed by atoms with Crippen molar-refractivity contribution in [2.75, 3.05) is 19.6 Å². The number of aryl methyl sites for hydroxylation is 1. The molecule has 40 heavy (non-hydrogen) atoms. The number of alkyl halides is 3. The van der Waals surface area contributed by atoms with Crippen molar-refractivity contribution in [3.63, 3.8) is 0 Å². The van der Waals surface area contributed by atoms with Gasteiger partial charge in [-0.15, -0.1) is 0 Å². The summed E-state index contributed by atoms with van der Waals surface area (Å²) in [5.41, 5.74) is 3.53. The second-order valence-electron chi connectivity index (χ2n) is 10.1.